The van der Waals surface area contributed by atoms with E-state index in [2.05, 4.69) is 26.6 Å². The van der Waals surface area contributed by atoms with Gasteiger partial charge in [0.15, 0.2) is 0 Å². The Labute approximate surface area is 132 Å². The summed E-state index contributed by atoms with van der Waals surface area (Å²) in [6, 6.07) is 5.39. The van der Waals surface area contributed by atoms with Crippen LogP contribution in [0.15, 0.2) is 22.7 Å². The number of hydrogen-bond acceptors (Lipinski definition) is 4. The largest absolute Gasteiger partial charge is 0.399 e. The van der Waals surface area contributed by atoms with Crippen LogP contribution in [0.4, 0.5) is 11.4 Å². The van der Waals surface area contributed by atoms with E-state index in [1.807, 2.05) is 4.90 Å². The molecule has 6 nitrogen and oxygen atoms in total. The minimum atomic E-state index is -0.0797. The number of likely N-dealkylation sites (tertiary alicyclic amines) is 1. The van der Waals surface area contributed by atoms with Crippen molar-refractivity contribution >= 4 is 39.1 Å². The predicted molar refractivity (Wildman–Crippen MR) is 85.8 cm³/mol. The van der Waals surface area contributed by atoms with Crippen molar-refractivity contribution in [3.63, 3.8) is 0 Å². The van der Waals surface area contributed by atoms with Crippen LogP contribution < -0.4 is 16.4 Å². The molecule has 0 aromatic heterocycles. The monoisotopic (exact) mass is 354 g/mol. The summed E-state index contributed by atoms with van der Waals surface area (Å²) in [4.78, 5) is 25.1. The molecule has 0 bridgehead atoms. The van der Waals surface area contributed by atoms with E-state index in [-0.39, 0.29) is 17.9 Å². The molecule has 1 fully saturated rings. The van der Waals surface area contributed by atoms with Gasteiger partial charge >= 0.3 is 0 Å². The minimum absolute atomic E-state index is 0.0305. The number of nitrogens with zero attached hydrogens (tertiary/aromatic N) is 1. The summed E-state index contributed by atoms with van der Waals surface area (Å²) in [5, 5.41) is 5.73. The highest BCUT2D eigenvalue weighted by molar-refractivity contribution is 9.10. The molecule has 2 amide bonds. The zero-order valence-corrected chi connectivity index (χ0v) is 13.4. The summed E-state index contributed by atoms with van der Waals surface area (Å²) in [7, 11) is 0. The molecule has 2 rings (SSSR count). The predicted octanol–water partition coefficient (Wildman–Crippen LogP) is 1.18. The molecule has 0 saturated carbocycles. The molecule has 1 aromatic rings. The van der Waals surface area contributed by atoms with Crippen LogP contribution in [-0.2, 0) is 9.59 Å². The van der Waals surface area contributed by atoms with Crippen molar-refractivity contribution in [3.05, 3.63) is 22.7 Å². The van der Waals surface area contributed by atoms with Gasteiger partial charge in [0.1, 0.15) is 0 Å². The third-order valence-electron chi connectivity index (χ3n) is 3.31. The van der Waals surface area contributed by atoms with E-state index in [0.29, 0.717) is 24.5 Å². The van der Waals surface area contributed by atoms with Gasteiger partial charge in [-0.15, -0.1) is 0 Å². The van der Waals surface area contributed by atoms with Crippen LogP contribution in [0.5, 0.6) is 0 Å². The molecule has 114 valence electrons. The zero-order valence-electron chi connectivity index (χ0n) is 11.9. The molecular formula is C14H19BrN4O2. The lowest BCUT2D eigenvalue weighted by Crippen LogP contribution is -2.37. The Morgan fingerprint density at radius 1 is 1.48 bits per heavy atom. The Morgan fingerprint density at radius 2 is 2.24 bits per heavy atom. The summed E-state index contributed by atoms with van der Waals surface area (Å²) >= 11 is 3.37. The van der Waals surface area contributed by atoms with Gasteiger partial charge in [-0.3, -0.25) is 14.5 Å². The van der Waals surface area contributed by atoms with Crippen molar-refractivity contribution in [3.8, 4) is 0 Å². The zero-order chi connectivity index (χ0) is 15.4. The Bertz CT molecular complexity index is 550. The molecule has 1 aromatic carbocycles. The summed E-state index contributed by atoms with van der Waals surface area (Å²) < 4.78 is 0.758. The SMILES string of the molecule is CC(=O)NC1CCN(CC(=O)Nc2ccc(N)cc2Br)C1. The molecule has 7 heteroatoms. The van der Waals surface area contributed by atoms with Crippen LogP contribution in [0.1, 0.15) is 13.3 Å². The number of hydrogen-bond donors (Lipinski definition) is 3. The number of benzene rings is 1. The molecule has 1 unspecified atom stereocenters. The number of carbonyl (C=O) groups excluding carboxylic acids is 2. The summed E-state index contributed by atoms with van der Waals surface area (Å²) in [6.07, 6.45) is 0.873. The quantitative estimate of drug-likeness (QED) is 0.708. The lowest BCUT2D eigenvalue weighted by atomic mass is 10.2. The smallest absolute Gasteiger partial charge is 0.238 e. The van der Waals surface area contributed by atoms with E-state index in [1.165, 1.54) is 6.92 Å². The first-order valence-corrected chi connectivity index (χ1v) is 7.57. The molecule has 1 saturated heterocycles. The van der Waals surface area contributed by atoms with E-state index in [9.17, 15) is 9.59 Å². The molecule has 1 aliphatic rings. The topological polar surface area (TPSA) is 87.5 Å². The molecule has 21 heavy (non-hydrogen) atoms. The standard InChI is InChI=1S/C14H19BrN4O2/c1-9(20)17-11-4-5-19(7-11)8-14(21)18-13-3-2-10(16)6-12(13)15/h2-3,6,11H,4-5,7-8,16H2,1H3,(H,17,20)(H,18,21). The number of amides is 2. The molecular weight excluding hydrogens is 336 g/mol. The van der Waals surface area contributed by atoms with Crippen LogP contribution in [0.2, 0.25) is 0 Å². The average molecular weight is 355 g/mol. The molecule has 0 spiro atoms. The van der Waals surface area contributed by atoms with Gasteiger partial charge in [-0.1, -0.05) is 0 Å². The van der Waals surface area contributed by atoms with Crippen molar-refractivity contribution in [2.45, 2.75) is 19.4 Å². The summed E-state index contributed by atoms with van der Waals surface area (Å²) in [5.41, 5.74) is 7.00. The highest BCUT2D eigenvalue weighted by Gasteiger charge is 2.24. The maximum absolute atomic E-state index is 12.0. The highest BCUT2D eigenvalue weighted by atomic mass is 79.9. The average Bonchev–Trinajstić information content (AvgIpc) is 2.79. The van der Waals surface area contributed by atoms with Crippen molar-refractivity contribution in [2.24, 2.45) is 0 Å². The Kier molecular flexibility index (Phi) is 5.19. The number of nitrogens with two attached hydrogens (primary N) is 1. The van der Waals surface area contributed by atoms with Crippen LogP contribution in [0.25, 0.3) is 0 Å². The van der Waals surface area contributed by atoms with Crippen LogP contribution >= 0.6 is 15.9 Å². The molecule has 1 heterocycles. The maximum atomic E-state index is 12.0. The number of halogens is 1. The fourth-order valence-corrected chi connectivity index (χ4v) is 2.90. The van der Waals surface area contributed by atoms with Gasteiger partial charge in [-0.2, -0.15) is 0 Å². The van der Waals surface area contributed by atoms with E-state index in [4.69, 9.17) is 5.73 Å². The Balaban J connectivity index is 1.84. The molecule has 0 aliphatic carbocycles. The highest BCUT2D eigenvalue weighted by Crippen LogP contribution is 2.24. The van der Waals surface area contributed by atoms with Crippen molar-refractivity contribution in [1.82, 2.24) is 10.2 Å². The Morgan fingerprint density at radius 3 is 2.90 bits per heavy atom. The fourth-order valence-electron chi connectivity index (χ4n) is 2.41. The first kappa shape index (κ1) is 15.8. The van der Waals surface area contributed by atoms with Gasteiger partial charge in [0.05, 0.1) is 12.2 Å². The van der Waals surface area contributed by atoms with Crippen molar-refractivity contribution in [2.75, 3.05) is 30.7 Å². The van der Waals surface area contributed by atoms with Crippen molar-refractivity contribution in [1.29, 1.82) is 0 Å². The van der Waals surface area contributed by atoms with Crippen LogP contribution in [0, 0.1) is 0 Å². The van der Waals surface area contributed by atoms with Crippen molar-refractivity contribution < 1.29 is 9.59 Å². The van der Waals surface area contributed by atoms with Crippen LogP contribution in [0.3, 0.4) is 0 Å². The third kappa shape index (κ3) is 4.71. The maximum Gasteiger partial charge on any atom is 0.238 e. The second kappa shape index (κ2) is 6.91. The van der Waals surface area contributed by atoms with Gasteiger partial charge < -0.3 is 16.4 Å². The minimum Gasteiger partial charge on any atom is -0.399 e. The molecule has 1 aliphatic heterocycles. The summed E-state index contributed by atoms with van der Waals surface area (Å²) in [5.74, 6) is -0.110. The van der Waals surface area contributed by atoms with E-state index in [1.54, 1.807) is 18.2 Å². The van der Waals surface area contributed by atoms with Gasteiger partial charge in [0.2, 0.25) is 11.8 Å². The van der Waals surface area contributed by atoms with Gasteiger partial charge in [0.25, 0.3) is 0 Å². The number of nitrogen functional groups attached to an aromatic ring is 1. The lowest BCUT2D eigenvalue weighted by molar-refractivity contribution is -0.119. The molecule has 4 N–H and O–H groups in total. The van der Waals surface area contributed by atoms with Crippen LogP contribution in [-0.4, -0.2) is 42.4 Å². The van der Waals surface area contributed by atoms with Gasteiger partial charge in [0, 0.05) is 36.2 Å². The fraction of sp³-hybridized carbons (Fsp3) is 0.429. The first-order chi connectivity index (χ1) is 9.94. The molecule has 1 atom stereocenters. The first-order valence-electron chi connectivity index (χ1n) is 6.78. The van der Waals surface area contributed by atoms with Gasteiger partial charge in [-0.25, -0.2) is 0 Å². The second-order valence-corrected chi connectivity index (χ2v) is 6.06. The van der Waals surface area contributed by atoms with Gasteiger partial charge in [-0.05, 0) is 40.5 Å². The third-order valence-corrected chi connectivity index (χ3v) is 3.97. The molecule has 0 radical (unpaired) electrons. The normalized spacial score (nSPS) is 18.5. The number of rotatable bonds is 4. The number of nitrogens with one attached hydrogen (secondary N) is 2. The lowest BCUT2D eigenvalue weighted by Gasteiger charge is -2.16. The number of anilines is 2. The second-order valence-electron chi connectivity index (χ2n) is 5.21. The Hall–Kier alpha value is -1.60. The number of carbonyl (C=O) groups is 2. The van der Waals surface area contributed by atoms with E-state index < -0.39 is 0 Å². The van der Waals surface area contributed by atoms with E-state index >= 15 is 0 Å². The van der Waals surface area contributed by atoms with E-state index in [0.717, 1.165) is 17.4 Å². The summed E-state index contributed by atoms with van der Waals surface area (Å²) in [6.45, 7) is 3.33.